The van der Waals surface area contributed by atoms with Crippen LogP contribution in [-0.2, 0) is 5.41 Å². The predicted molar refractivity (Wildman–Crippen MR) is 85.7 cm³/mol. The predicted octanol–water partition coefficient (Wildman–Crippen LogP) is 5.26. The Bertz CT molecular complexity index is 425. The van der Waals surface area contributed by atoms with E-state index in [4.69, 9.17) is 5.73 Å². The van der Waals surface area contributed by atoms with Crippen molar-refractivity contribution in [2.45, 2.75) is 71.8 Å². The summed E-state index contributed by atoms with van der Waals surface area (Å²) >= 11 is 1.92. The first-order valence-corrected chi connectivity index (χ1v) is 8.39. The number of hydrogen-bond acceptors (Lipinski definition) is 2. The molecule has 0 aromatic carbocycles. The van der Waals surface area contributed by atoms with Crippen molar-refractivity contribution in [3.63, 3.8) is 0 Å². The minimum atomic E-state index is 0.219. The van der Waals surface area contributed by atoms with E-state index >= 15 is 0 Å². The molecule has 2 unspecified atom stereocenters. The third kappa shape index (κ3) is 3.22. The van der Waals surface area contributed by atoms with Gasteiger partial charge in [-0.05, 0) is 41.7 Å². The zero-order valence-corrected chi connectivity index (χ0v) is 13.9. The molecule has 0 amide bonds. The largest absolute Gasteiger partial charge is 0.323 e. The topological polar surface area (TPSA) is 26.0 Å². The molecular weight excluding hydrogens is 250 g/mol. The Morgan fingerprint density at radius 1 is 1.26 bits per heavy atom. The summed E-state index contributed by atoms with van der Waals surface area (Å²) in [5.41, 5.74) is 7.25. The van der Waals surface area contributed by atoms with E-state index in [-0.39, 0.29) is 11.5 Å². The Morgan fingerprint density at radius 3 is 2.47 bits per heavy atom. The van der Waals surface area contributed by atoms with Crippen molar-refractivity contribution in [2.24, 2.45) is 17.1 Å². The van der Waals surface area contributed by atoms with Crippen LogP contribution in [0.1, 0.15) is 76.1 Å². The Balaban J connectivity index is 2.19. The molecule has 1 aliphatic rings. The molecule has 0 spiro atoms. The van der Waals surface area contributed by atoms with Gasteiger partial charge >= 0.3 is 0 Å². The van der Waals surface area contributed by atoms with Crippen molar-refractivity contribution in [2.75, 3.05) is 0 Å². The first kappa shape index (κ1) is 15.1. The SMILES string of the molecule is CC(C)(C)c1ccc(C(N)C2CCCCC2(C)C)s1. The first-order valence-electron chi connectivity index (χ1n) is 7.57. The van der Waals surface area contributed by atoms with Crippen LogP contribution in [0, 0.1) is 11.3 Å². The molecule has 2 rings (SSSR count). The Kier molecular flexibility index (Phi) is 4.13. The molecule has 0 bridgehead atoms. The Hall–Kier alpha value is -0.340. The van der Waals surface area contributed by atoms with E-state index < -0.39 is 0 Å². The van der Waals surface area contributed by atoms with Crippen molar-refractivity contribution in [1.82, 2.24) is 0 Å². The van der Waals surface area contributed by atoms with Crippen molar-refractivity contribution < 1.29 is 0 Å². The maximum Gasteiger partial charge on any atom is 0.0423 e. The van der Waals surface area contributed by atoms with Gasteiger partial charge in [-0.3, -0.25) is 0 Å². The number of thiophene rings is 1. The number of hydrogen-bond donors (Lipinski definition) is 1. The maximum atomic E-state index is 6.61. The third-order valence-corrected chi connectivity index (χ3v) is 6.33. The van der Waals surface area contributed by atoms with Crippen LogP contribution < -0.4 is 5.73 Å². The maximum absolute atomic E-state index is 6.61. The normalized spacial score (nSPS) is 25.3. The van der Waals surface area contributed by atoms with Gasteiger partial charge < -0.3 is 5.73 Å². The smallest absolute Gasteiger partial charge is 0.0423 e. The summed E-state index contributed by atoms with van der Waals surface area (Å²) in [6.45, 7) is 11.6. The summed E-state index contributed by atoms with van der Waals surface area (Å²) < 4.78 is 0. The Morgan fingerprint density at radius 2 is 1.95 bits per heavy atom. The molecule has 1 aromatic heterocycles. The fourth-order valence-corrected chi connectivity index (χ4v) is 4.45. The summed E-state index contributed by atoms with van der Waals surface area (Å²) in [6, 6.07) is 4.76. The molecule has 2 N–H and O–H groups in total. The van der Waals surface area contributed by atoms with Gasteiger partial charge in [0.25, 0.3) is 0 Å². The van der Waals surface area contributed by atoms with Crippen molar-refractivity contribution >= 4 is 11.3 Å². The molecule has 108 valence electrons. The number of rotatable bonds is 2. The quantitative estimate of drug-likeness (QED) is 0.785. The van der Waals surface area contributed by atoms with Gasteiger partial charge in [0.2, 0.25) is 0 Å². The molecule has 19 heavy (non-hydrogen) atoms. The minimum absolute atomic E-state index is 0.219. The highest BCUT2D eigenvalue weighted by atomic mass is 32.1. The second-order valence-electron chi connectivity index (χ2n) is 7.82. The highest BCUT2D eigenvalue weighted by Gasteiger charge is 2.37. The highest BCUT2D eigenvalue weighted by molar-refractivity contribution is 7.12. The van der Waals surface area contributed by atoms with Crippen LogP contribution in [0.5, 0.6) is 0 Å². The first-order chi connectivity index (χ1) is 8.72. The zero-order valence-electron chi connectivity index (χ0n) is 13.1. The molecule has 0 aliphatic heterocycles. The van der Waals surface area contributed by atoms with E-state index in [1.54, 1.807) is 0 Å². The molecule has 1 aliphatic carbocycles. The molecule has 0 saturated heterocycles. The molecule has 1 nitrogen and oxygen atoms in total. The molecule has 2 atom stereocenters. The standard InChI is InChI=1S/C17H29NS/c1-16(2,3)14-10-9-13(19-14)15(18)12-8-6-7-11-17(12,4)5/h9-10,12,15H,6-8,11,18H2,1-5H3. The van der Waals surface area contributed by atoms with Crippen molar-refractivity contribution in [3.05, 3.63) is 21.9 Å². The monoisotopic (exact) mass is 279 g/mol. The van der Waals surface area contributed by atoms with E-state index in [2.05, 4.69) is 46.8 Å². The van der Waals surface area contributed by atoms with Crippen LogP contribution in [0.2, 0.25) is 0 Å². The summed E-state index contributed by atoms with van der Waals surface area (Å²) in [5, 5.41) is 0. The summed E-state index contributed by atoms with van der Waals surface area (Å²) in [5.74, 6) is 0.632. The molecule has 1 aromatic rings. The number of nitrogens with two attached hydrogens (primary N) is 1. The van der Waals surface area contributed by atoms with Crippen molar-refractivity contribution in [1.29, 1.82) is 0 Å². The second kappa shape index (κ2) is 5.21. The van der Waals surface area contributed by atoms with E-state index in [1.165, 1.54) is 35.4 Å². The molecule has 1 saturated carbocycles. The lowest BCUT2D eigenvalue weighted by Crippen LogP contribution is -2.35. The van der Waals surface area contributed by atoms with Gasteiger partial charge in [0.05, 0.1) is 0 Å². The van der Waals surface area contributed by atoms with Crippen LogP contribution in [0.25, 0.3) is 0 Å². The van der Waals surface area contributed by atoms with Gasteiger partial charge in [0.15, 0.2) is 0 Å². The molecular formula is C17H29NS. The summed E-state index contributed by atoms with van der Waals surface area (Å²) in [4.78, 5) is 2.83. The highest BCUT2D eigenvalue weighted by Crippen LogP contribution is 2.47. The van der Waals surface area contributed by atoms with E-state index in [9.17, 15) is 0 Å². The van der Waals surface area contributed by atoms with Crippen LogP contribution >= 0.6 is 11.3 Å². The van der Waals surface area contributed by atoms with Crippen LogP contribution in [0.4, 0.5) is 0 Å². The van der Waals surface area contributed by atoms with Gasteiger partial charge in [-0.1, -0.05) is 47.5 Å². The van der Waals surface area contributed by atoms with Crippen LogP contribution in [0.3, 0.4) is 0 Å². The third-order valence-electron chi connectivity index (χ3n) is 4.72. The van der Waals surface area contributed by atoms with Gasteiger partial charge in [0.1, 0.15) is 0 Å². The average Bonchev–Trinajstić information content (AvgIpc) is 2.76. The van der Waals surface area contributed by atoms with Crippen LogP contribution in [0.15, 0.2) is 12.1 Å². The van der Waals surface area contributed by atoms with Crippen LogP contribution in [-0.4, -0.2) is 0 Å². The minimum Gasteiger partial charge on any atom is -0.323 e. The average molecular weight is 279 g/mol. The molecule has 1 heterocycles. The lowest BCUT2D eigenvalue weighted by Gasteiger charge is -2.41. The fourth-order valence-electron chi connectivity index (χ4n) is 3.32. The zero-order chi connectivity index (χ0) is 14.3. The van der Waals surface area contributed by atoms with Gasteiger partial charge in [-0.2, -0.15) is 0 Å². The van der Waals surface area contributed by atoms with Gasteiger partial charge in [-0.25, -0.2) is 0 Å². The summed E-state index contributed by atoms with van der Waals surface area (Å²) in [6.07, 6.45) is 5.33. The van der Waals surface area contributed by atoms with Gasteiger partial charge in [0, 0.05) is 15.8 Å². The lowest BCUT2D eigenvalue weighted by atomic mass is 9.66. The van der Waals surface area contributed by atoms with E-state index in [1.807, 2.05) is 11.3 Å². The molecule has 0 radical (unpaired) electrons. The molecule has 1 fully saturated rings. The second-order valence-corrected chi connectivity index (χ2v) is 8.93. The van der Waals surface area contributed by atoms with Gasteiger partial charge in [-0.15, -0.1) is 11.3 Å². The van der Waals surface area contributed by atoms with E-state index in [0.717, 1.165) is 0 Å². The summed E-state index contributed by atoms with van der Waals surface area (Å²) in [7, 11) is 0. The van der Waals surface area contributed by atoms with Crippen molar-refractivity contribution in [3.8, 4) is 0 Å². The Labute approximate surface area is 122 Å². The fraction of sp³-hybridized carbons (Fsp3) is 0.765. The lowest BCUT2D eigenvalue weighted by molar-refractivity contribution is 0.114. The van der Waals surface area contributed by atoms with E-state index in [0.29, 0.717) is 11.3 Å². The molecule has 2 heteroatoms.